The van der Waals surface area contributed by atoms with Gasteiger partial charge in [0.25, 0.3) is 0 Å². The molecule has 1 aromatic rings. The standard InChI is InChI=1S/C7H9ClN2O2S/c8-4-2-6-13(11,12)7-3-1-5-9-10-7/h1,3,5H,2,4,6H2. The molecule has 1 aromatic heterocycles. The summed E-state index contributed by atoms with van der Waals surface area (Å²) in [5, 5.41) is 7.03. The molecule has 0 aliphatic heterocycles. The fraction of sp³-hybridized carbons (Fsp3) is 0.429. The first-order valence-electron chi connectivity index (χ1n) is 3.73. The molecule has 0 aromatic carbocycles. The Kier molecular flexibility index (Phi) is 3.62. The lowest BCUT2D eigenvalue weighted by molar-refractivity contribution is 0.589. The Bertz CT molecular complexity index is 352. The third kappa shape index (κ3) is 2.93. The number of alkyl halides is 1. The Hall–Kier alpha value is -0.680. The monoisotopic (exact) mass is 220 g/mol. The molecule has 13 heavy (non-hydrogen) atoms. The van der Waals surface area contributed by atoms with Crippen LogP contribution in [-0.2, 0) is 9.84 Å². The molecule has 0 aliphatic rings. The van der Waals surface area contributed by atoms with Crippen LogP contribution in [0.1, 0.15) is 6.42 Å². The fourth-order valence-corrected chi connectivity index (χ4v) is 2.29. The summed E-state index contributed by atoms with van der Waals surface area (Å²) >= 11 is 5.39. The van der Waals surface area contributed by atoms with Crippen LogP contribution in [0.25, 0.3) is 0 Å². The van der Waals surface area contributed by atoms with Gasteiger partial charge in [-0.25, -0.2) is 8.42 Å². The van der Waals surface area contributed by atoms with Crippen molar-refractivity contribution in [3.05, 3.63) is 18.3 Å². The number of sulfone groups is 1. The van der Waals surface area contributed by atoms with E-state index in [4.69, 9.17) is 11.6 Å². The van der Waals surface area contributed by atoms with E-state index in [1.165, 1.54) is 12.3 Å². The minimum Gasteiger partial charge on any atom is -0.222 e. The SMILES string of the molecule is O=S(=O)(CCCCl)c1cccnn1. The summed E-state index contributed by atoms with van der Waals surface area (Å²) in [6.45, 7) is 0. The second kappa shape index (κ2) is 4.53. The van der Waals surface area contributed by atoms with Gasteiger partial charge in [-0.05, 0) is 18.6 Å². The van der Waals surface area contributed by atoms with E-state index in [0.717, 1.165) is 0 Å². The second-order valence-corrected chi connectivity index (χ2v) is 4.86. The lowest BCUT2D eigenvalue weighted by Gasteiger charge is -1.99. The molecule has 72 valence electrons. The van der Waals surface area contributed by atoms with Gasteiger partial charge in [-0.2, -0.15) is 5.10 Å². The molecule has 6 heteroatoms. The summed E-state index contributed by atoms with van der Waals surface area (Å²) in [7, 11) is -3.28. The van der Waals surface area contributed by atoms with E-state index in [2.05, 4.69) is 10.2 Å². The normalized spacial score (nSPS) is 11.5. The van der Waals surface area contributed by atoms with E-state index in [1.807, 2.05) is 0 Å². The summed E-state index contributed by atoms with van der Waals surface area (Å²) in [5.41, 5.74) is 0. The average molecular weight is 221 g/mol. The van der Waals surface area contributed by atoms with Crippen LogP contribution < -0.4 is 0 Å². The van der Waals surface area contributed by atoms with Gasteiger partial charge >= 0.3 is 0 Å². The van der Waals surface area contributed by atoms with Crippen molar-refractivity contribution in [1.29, 1.82) is 0 Å². The van der Waals surface area contributed by atoms with Gasteiger partial charge < -0.3 is 0 Å². The predicted octanol–water partition coefficient (Wildman–Crippen LogP) is 0.879. The average Bonchev–Trinajstić information content (AvgIpc) is 2.16. The number of rotatable bonds is 4. The van der Waals surface area contributed by atoms with E-state index < -0.39 is 9.84 Å². The van der Waals surface area contributed by atoms with Crippen molar-refractivity contribution in [2.45, 2.75) is 11.4 Å². The third-order valence-corrected chi connectivity index (χ3v) is 3.36. The van der Waals surface area contributed by atoms with Crippen LogP contribution in [0.3, 0.4) is 0 Å². The molecule has 0 atom stereocenters. The molecule has 0 amide bonds. The molecule has 1 rings (SSSR count). The Morgan fingerprint density at radius 3 is 2.77 bits per heavy atom. The van der Waals surface area contributed by atoms with E-state index >= 15 is 0 Å². The first kappa shape index (κ1) is 10.4. The molecule has 0 saturated carbocycles. The minimum atomic E-state index is -3.28. The molecule has 0 aliphatic carbocycles. The smallest absolute Gasteiger partial charge is 0.197 e. The molecule has 1 heterocycles. The highest BCUT2D eigenvalue weighted by Gasteiger charge is 2.14. The maximum atomic E-state index is 11.4. The maximum Gasteiger partial charge on any atom is 0.197 e. The van der Waals surface area contributed by atoms with Gasteiger partial charge in [0.05, 0.1) is 5.75 Å². The molecular weight excluding hydrogens is 212 g/mol. The highest BCUT2D eigenvalue weighted by atomic mass is 35.5. The molecular formula is C7H9ClN2O2S. The Morgan fingerprint density at radius 1 is 1.46 bits per heavy atom. The zero-order chi connectivity index (χ0) is 9.73. The Morgan fingerprint density at radius 2 is 2.23 bits per heavy atom. The molecule has 0 saturated heterocycles. The van der Waals surface area contributed by atoms with Gasteiger partial charge in [-0.1, -0.05) is 0 Å². The Balaban J connectivity index is 2.83. The zero-order valence-corrected chi connectivity index (χ0v) is 8.42. The number of nitrogens with zero attached hydrogens (tertiary/aromatic N) is 2. The van der Waals surface area contributed by atoms with Crippen molar-refractivity contribution in [3.8, 4) is 0 Å². The highest BCUT2D eigenvalue weighted by Crippen LogP contribution is 2.06. The number of aromatic nitrogens is 2. The number of halogens is 1. The Labute approximate surface area is 81.9 Å². The van der Waals surface area contributed by atoms with Gasteiger partial charge in [0.15, 0.2) is 14.9 Å². The van der Waals surface area contributed by atoms with Gasteiger partial charge in [0.1, 0.15) is 0 Å². The van der Waals surface area contributed by atoms with Crippen LogP contribution in [-0.4, -0.2) is 30.2 Å². The van der Waals surface area contributed by atoms with Crippen molar-refractivity contribution in [3.63, 3.8) is 0 Å². The van der Waals surface area contributed by atoms with Crippen molar-refractivity contribution in [2.24, 2.45) is 0 Å². The molecule has 0 unspecified atom stereocenters. The lowest BCUT2D eigenvalue weighted by Crippen LogP contribution is -2.09. The molecule has 0 spiro atoms. The van der Waals surface area contributed by atoms with Crippen LogP contribution in [0.4, 0.5) is 0 Å². The van der Waals surface area contributed by atoms with Crippen molar-refractivity contribution in [1.82, 2.24) is 10.2 Å². The first-order chi connectivity index (χ1) is 6.17. The fourth-order valence-electron chi connectivity index (χ4n) is 0.802. The predicted molar refractivity (Wildman–Crippen MR) is 49.4 cm³/mol. The van der Waals surface area contributed by atoms with Gasteiger partial charge in [-0.15, -0.1) is 16.7 Å². The van der Waals surface area contributed by atoms with E-state index in [-0.39, 0.29) is 10.8 Å². The first-order valence-corrected chi connectivity index (χ1v) is 5.92. The minimum absolute atomic E-state index is 0.0140. The summed E-state index contributed by atoms with van der Waals surface area (Å²) in [6.07, 6.45) is 1.86. The van der Waals surface area contributed by atoms with Gasteiger partial charge in [0.2, 0.25) is 0 Å². The highest BCUT2D eigenvalue weighted by molar-refractivity contribution is 7.91. The number of hydrogen-bond acceptors (Lipinski definition) is 4. The van der Waals surface area contributed by atoms with Crippen LogP contribution >= 0.6 is 11.6 Å². The van der Waals surface area contributed by atoms with Crippen molar-refractivity contribution in [2.75, 3.05) is 11.6 Å². The summed E-state index contributed by atoms with van der Waals surface area (Å²) in [5.74, 6) is 0.356. The summed E-state index contributed by atoms with van der Waals surface area (Å²) in [4.78, 5) is 0. The quantitative estimate of drug-likeness (QED) is 0.707. The van der Waals surface area contributed by atoms with Crippen molar-refractivity contribution < 1.29 is 8.42 Å². The summed E-state index contributed by atoms with van der Waals surface area (Å²) in [6, 6.07) is 2.97. The van der Waals surface area contributed by atoms with E-state index in [1.54, 1.807) is 6.07 Å². The topological polar surface area (TPSA) is 59.9 Å². The van der Waals surface area contributed by atoms with E-state index in [0.29, 0.717) is 12.3 Å². The van der Waals surface area contributed by atoms with Crippen LogP contribution in [0.15, 0.2) is 23.4 Å². The molecule has 0 bridgehead atoms. The van der Waals surface area contributed by atoms with Gasteiger partial charge in [-0.3, -0.25) is 0 Å². The molecule has 4 nitrogen and oxygen atoms in total. The summed E-state index contributed by atoms with van der Waals surface area (Å²) < 4.78 is 22.9. The van der Waals surface area contributed by atoms with E-state index in [9.17, 15) is 8.42 Å². The zero-order valence-electron chi connectivity index (χ0n) is 6.85. The van der Waals surface area contributed by atoms with Crippen molar-refractivity contribution >= 4 is 21.4 Å². The molecule has 0 radical (unpaired) electrons. The maximum absolute atomic E-state index is 11.4. The molecule has 0 fully saturated rings. The van der Waals surface area contributed by atoms with Crippen LogP contribution in [0.2, 0.25) is 0 Å². The largest absolute Gasteiger partial charge is 0.222 e. The lowest BCUT2D eigenvalue weighted by atomic mass is 10.6. The molecule has 0 N–H and O–H groups in total. The third-order valence-electron chi connectivity index (χ3n) is 1.41. The second-order valence-electron chi connectivity index (χ2n) is 2.42. The van der Waals surface area contributed by atoms with Crippen LogP contribution in [0.5, 0.6) is 0 Å². The number of hydrogen-bond donors (Lipinski definition) is 0. The van der Waals surface area contributed by atoms with Gasteiger partial charge in [0, 0.05) is 12.1 Å². The van der Waals surface area contributed by atoms with Crippen LogP contribution in [0, 0.1) is 0 Å².